The summed E-state index contributed by atoms with van der Waals surface area (Å²) in [5.74, 6) is 0.705. The number of hydrogen-bond donors (Lipinski definition) is 1. The van der Waals surface area contributed by atoms with E-state index in [-0.39, 0.29) is 12.0 Å². The van der Waals surface area contributed by atoms with Crippen LogP contribution in [0.4, 0.5) is 0 Å². The first-order valence-electron chi connectivity index (χ1n) is 6.74. The maximum Gasteiger partial charge on any atom is 0.251 e. The average Bonchev–Trinajstić information content (AvgIpc) is 3.11. The van der Waals surface area contributed by atoms with E-state index in [1.807, 2.05) is 11.0 Å². The van der Waals surface area contributed by atoms with Gasteiger partial charge < -0.3 is 9.64 Å². The smallest absolute Gasteiger partial charge is 0.251 e. The molecule has 0 aliphatic carbocycles. The minimum absolute atomic E-state index is 0.172. The summed E-state index contributed by atoms with van der Waals surface area (Å²) >= 11 is 0. The van der Waals surface area contributed by atoms with Gasteiger partial charge in [0.05, 0.1) is 0 Å². The van der Waals surface area contributed by atoms with Crippen molar-refractivity contribution in [3.63, 3.8) is 0 Å². The van der Waals surface area contributed by atoms with Gasteiger partial charge in [0.2, 0.25) is 0 Å². The first-order valence-corrected chi connectivity index (χ1v) is 6.74. The molecule has 98 valence electrons. The van der Waals surface area contributed by atoms with Gasteiger partial charge in [-0.25, -0.2) is 0 Å². The van der Waals surface area contributed by atoms with Crippen LogP contribution < -0.4 is 0 Å². The van der Waals surface area contributed by atoms with Crippen LogP contribution in [-0.4, -0.2) is 46.8 Å². The second-order valence-corrected chi connectivity index (χ2v) is 5.11. The summed E-state index contributed by atoms with van der Waals surface area (Å²) in [6.45, 7) is 2.41. The molecule has 5 nitrogen and oxygen atoms in total. The summed E-state index contributed by atoms with van der Waals surface area (Å²) < 4.78 is 5.46. The highest BCUT2D eigenvalue weighted by Crippen LogP contribution is 2.27. The molecule has 3 rings (SSSR count). The molecule has 1 aromatic rings. The number of rotatable bonds is 2. The third-order valence-electron chi connectivity index (χ3n) is 3.97. The quantitative estimate of drug-likeness (QED) is 0.859. The van der Waals surface area contributed by atoms with Gasteiger partial charge >= 0.3 is 0 Å². The second-order valence-electron chi connectivity index (χ2n) is 5.11. The number of hydrogen-bond acceptors (Lipinski definition) is 3. The SMILES string of the molecule is O=C(C1CCCO1)N1CCC(c2ccn[nH]2)CC1. The van der Waals surface area contributed by atoms with E-state index in [1.54, 1.807) is 6.20 Å². The zero-order valence-corrected chi connectivity index (χ0v) is 10.5. The van der Waals surface area contributed by atoms with Crippen LogP contribution >= 0.6 is 0 Å². The van der Waals surface area contributed by atoms with Gasteiger partial charge in [-0.05, 0) is 31.7 Å². The Labute approximate surface area is 107 Å². The van der Waals surface area contributed by atoms with E-state index in [0.717, 1.165) is 45.4 Å². The summed E-state index contributed by atoms with van der Waals surface area (Å²) in [6.07, 6.45) is 5.55. The van der Waals surface area contributed by atoms with Gasteiger partial charge in [-0.1, -0.05) is 0 Å². The average molecular weight is 249 g/mol. The summed E-state index contributed by atoms with van der Waals surface area (Å²) in [5.41, 5.74) is 1.19. The van der Waals surface area contributed by atoms with Crippen molar-refractivity contribution in [3.8, 4) is 0 Å². The topological polar surface area (TPSA) is 58.2 Å². The fraction of sp³-hybridized carbons (Fsp3) is 0.692. The molecule has 1 N–H and O–H groups in total. The standard InChI is InChI=1S/C13H19N3O2/c17-13(12-2-1-9-18-12)16-7-4-10(5-8-16)11-3-6-14-15-11/h3,6,10,12H,1-2,4-5,7-9H2,(H,14,15). The summed E-state index contributed by atoms with van der Waals surface area (Å²) in [4.78, 5) is 14.1. The highest BCUT2D eigenvalue weighted by Gasteiger charge is 2.31. The molecule has 5 heteroatoms. The Kier molecular flexibility index (Phi) is 3.32. The van der Waals surface area contributed by atoms with E-state index in [1.165, 1.54) is 5.69 Å². The van der Waals surface area contributed by atoms with Crippen LogP contribution in [0, 0.1) is 0 Å². The van der Waals surface area contributed by atoms with Crippen molar-refractivity contribution in [2.45, 2.75) is 37.7 Å². The van der Waals surface area contributed by atoms with Crippen LogP contribution in [0.3, 0.4) is 0 Å². The van der Waals surface area contributed by atoms with E-state index in [9.17, 15) is 4.79 Å². The molecule has 1 amide bonds. The largest absolute Gasteiger partial charge is 0.368 e. The van der Waals surface area contributed by atoms with Crippen LogP contribution in [0.1, 0.15) is 37.3 Å². The van der Waals surface area contributed by atoms with E-state index < -0.39 is 0 Å². The van der Waals surface area contributed by atoms with E-state index in [0.29, 0.717) is 5.92 Å². The molecule has 1 unspecified atom stereocenters. The van der Waals surface area contributed by atoms with Crippen molar-refractivity contribution in [3.05, 3.63) is 18.0 Å². The number of carbonyl (C=O) groups is 1. The molecule has 0 aromatic carbocycles. The van der Waals surface area contributed by atoms with Crippen molar-refractivity contribution in [1.29, 1.82) is 0 Å². The van der Waals surface area contributed by atoms with Crippen LogP contribution in [-0.2, 0) is 9.53 Å². The van der Waals surface area contributed by atoms with Gasteiger partial charge in [0.25, 0.3) is 5.91 Å². The summed E-state index contributed by atoms with van der Waals surface area (Å²) in [7, 11) is 0. The predicted molar refractivity (Wildman–Crippen MR) is 66.1 cm³/mol. The van der Waals surface area contributed by atoms with Crippen LogP contribution in [0.25, 0.3) is 0 Å². The lowest BCUT2D eigenvalue weighted by Crippen LogP contribution is -2.43. The Bertz CT molecular complexity index is 390. The van der Waals surface area contributed by atoms with Crippen LogP contribution in [0.15, 0.2) is 12.3 Å². The molecule has 2 saturated heterocycles. The van der Waals surface area contributed by atoms with Gasteiger partial charge in [0, 0.05) is 37.5 Å². The van der Waals surface area contributed by atoms with Crippen molar-refractivity contribution < 1.29 is 9.53 Å². The van der Waals surface area contributed by atoms with Crippen LogP contribution in [0.5, 0.6) is 0 Å². The molecule has 1 aromatic heterocycles. The lowest BCUT2D eigenvalue weighted by molar-refractivity contribution is -0.142. The van der Waals surface area contributed by atoms with Gasteiger partial charge in [-0.3, -0.25) is 9.89 Å². The zero-order valence-electron chi connectivity index (χ0n) is 10.5. The number of amides is 1. The van der Waals surface area contributed by atoms with Gasteiger partial charge in [-0.2, -0.15) is 5.10 Å². The molecule has 18 heavy (non-hydrogen) atoms. The molecule has 2 fully saturated rings. The van der Waals surface area contributed by atoms with E-state index >= 15 is 0 Å². The second kappa shape index (κ2) is 5.10. The number of nitrogens with zero attached hydrogens (tertiary/aromatic N) is 2. The number of piperidine rings is 1. The molecule has 0 spiro atoms. The summed E-state index contributed by atoms with van der Waals surface area (Å²) in [5, 5.41) is 7.02. The van der Waals surface area contributed by atoms with E-state index in [4.69, 9.17) is 4.74 Å². The van der Waals surface area contributed by atoms with Gasteiger partial charge in [0.15, 0.2) is 0 Å². The summed E-state index contributed by atoms with van der Waals surface area (Å²) in [6, 6.07) is 2.03. The molecule has 0 radical (unpaired) electrons. The van der Waals surface area contributed by atoms with Crippen molar-refractivity contribution in [2.75, 3.05) is 19.7 Å². The lowest BCUT2D eigenvalue weighted by Gasteiger charge is -2.32. The monoisotopic (exact) mass is 249 g/mol. The molecule has 1 atom stereocenters. The molecular formula is C13H19N3O2. The first kappa shape index (κ1) is 11.7. The molecular weight excluding hydrogens is 230 g/mol. The Morgan fingerprint density at radius 3 is 2.83 bits per heavy atom. The molecule has 3 heterocycles. The highest BCUT2D eigenvalue weighted by atomic mass is 16.5. The normalized spacial score (nSPS) is 25.6. The number of aromatic nitrogens is 2. The third-order valence-corrected chi connectivity index (χ3v) is 3.97. The first-order chi connectivity index (χ1) is 8.84. The van der Waals surface area contributed by atoms with Crippen molar-refractivity contribution >= 4 is 5.91 Å². The highest BCUT2D eigenvalue weighted by molar-refractivity contribution is 5.81. The number of ether oxygens (including phenoxy) is 1. The fourth-order valence-corrected chi connectivity index (χ4v) is 2.88. The Balaban J connectivity index is 1.55. The maximum atomic E-state index is 12.2. The fourth-order valence-electron chi connectivity index (χ4n) is 2.88. The zero-order chi connectivity index (χ0) is 12.4. The number of H-pyrrole nitrogens is 1. The minimum atomic E-state index is -0.172. The number of nitrogens with one attached hydrogen (secondary N) is 1. The number of likely N-dealkylation sites (tertiary alicyclic amines) is 1. The molecule has 2 aliphatic heterocycles. The molecule has 0 bridgehead atoms. The molecule has 2 aliphatic rings. The Morgan fingerprint density at radius 1 is 1.39 bits per heavy atom. The van der Waals surface area contributed by atoms with E-state index in [2.05, 4.69) is 10.2 Å². The number of carbonyl (C=O) groups excluding carboxylic acids is 1. The Morgan fingerprint density at radius 2 is 2.22 bits per heavy atom. The molecule has 0 saturated carbocycles. The van der Waals surface area contributed by atoms with Crippen molar-refractivity contribution in [2.24, 2.45) is 0 Å². The van der Waals surface area contributed by atoms with Crippen LogP contribution in [0.2, 0.25) is 0 Å². The lowest BCUT2D eigenvalue weighted by atomic mass is 9.93. The van der Waals surface area contributed by atoms with Gasteiger partial charge in [0.1, 0.15) is 6.10 Å². The maximum absolute atomic E-state index is 12.2. The van der Waals surface area contributed by atoms with Gasteiger partial charge in [-0.15, -0.1) is 0 Å². The number of aromatic amines is 1. The minimum Gasteiger partial charge on any atom is -0.368 e. The van der Waals surface area contributed by atoms with Crippen molar-refractivity contribution in [1.82, 2.24) is 15.1 Å². The predicted octanol–water partition coefficient (Wildman–Crippen LogP) is 1.29. The third kappa shape index (κ3) is 2.27. The Hall–Kier alpha value is -1.36.